The van der Waals surface area contributed by atoms with Crippen LogP contribution in [0.15, 0.2) is 11.0 Å². The number of thioether (sulfide) groups is 1. The summed E-state index contributed by atoms with van der Waals surface area (Å²) in [5, 5.41) is 0.956. The SMILES string of the molecule is CC1=CC2CCCCCC2S1. The number of hydrogen-bond acceptors (Lipinski definition) is 1. The summed E-state index contributed by atoms with van der Waals surface area (Å²) >= 11 is 2.12. The van der Waals surface area contributed by atoms with Crippen LogP contribution < -0.4 is 0 Å². The molecule has 0 aromatic carbocycles. The summed E-state index contributed by atoms with van der Waals surface area (Å²) < 4.78 is 0. The van der Waals surface area contributed by atoms with Crippen LogP contribution in [0.3, 0.4) is 0 Å². The van der Waals surface area contributed by atoms with E-state index in [1.54, 1.807) is 4.91 Å². The Labute approximate surface area is 73.4 Å². The van der Waals surface area contributed by atoms with Crippen LogP contribution in [-0.2, 0) is 0 Å². The lowest BCUT2D eigenvalue weighted by Crippen LogP contribution is -2.08. The zero-order valence-electron chi connectivity index (χ0n) is 7.18. The smallest absolute Gasteiger partial charge is 0.0154 e. The quantitative estimate of drug-likeness (QED) is 0.532. The Morgan fingerprint density at radius 2 is 2.09 bits per heavy atom. The molecule has 1 heterocycles. The molecule has 1 saturated carbocycles. The van der Waals surface area contributed by atoms with Crippen molar-refractivity contribution < 1.29 is 0 Å². The van der Waals surface area contributed by atoms with Crippen molar-refractivity contribution in [2.75, 3.05) is 0 Å². The maximum Gasteiger partial charge on any atom is 0.0154 e. The summed E-state index contributed by atoms with van der Waals surface area (Å²) in [5.41, 5.74) is 0. The predicted molar refractivity (Wildman–Crippen MR) is 51.7 cm³/mol. The maximum atomic E-state index is 2.50. The Morgan fingerprint density at radius 3 is 3.00 bits per heavy atom. The van der Waals surface area contributed by atoms with Gasteiger partial charge < -0.3 is 0 Å². The lowest BCUT2D eigenvalue weighted by molar-refractivity contribution is 0.581. The molecule has 0 spiro atoms. The Hall–Kier alpha value is 0.0900. The first-order chi connectivity index (χ1) is 5.36. The Morgan fingerprint density at radius 1 is 1.27 bits per heavy atom. The van der Waals surface area contributed by atoms with Gasteiger partial charge in [0.15, 0.2) is 0 Å². The lowest BCUT2D eigenvalue weighted by atomic mass is 10.00. The topological polar surface area (TPSA) is 0 Å². The van der Waals surface area contributed by atoms with Crippen LogP contribution in [0, 0.1) is 5.92 Å². The number of hydrogen-bond donors (Lipinski definition) is 0. The van der Waals surface area contributed by atoms with Crippen LogP contribution in [-0.4, -0.2) is 5.25 Å². The second-order valence-corrected chi connectivity index (χ2v) is 5.22. The molecule has 1 aliphatic heterocycles. The van der Waals surface area contributed by atoms with Crippen LogP contribution in [0.25, 0.3) is 0 Å². The van der Waals surface area contributed by atoms with E-state index in [1.165, 1.54) is 32.1 Å². The van der Waals surface area contributed by atoms with Crippen molar-refractivity contribution in [3.05, 3.63) is 11.0 Å². The maximum absolute atomic E-state index is 2.50. The minimum Gasteiger partial charge on any atom is -0.127 e. The molecule has 1 heteroatoms. The minimum atomic E-state index is 0.933. The van der Waals surface area contributed by atoms with E-state index in [0.717, 1.165) is 11.2 Å². The second kappa shape index (κ2) is 3.22. The van der Waals surface area contributed by atoms with E-state index in [0.29, 0.717) is 0 Å². The van der Waals surface area contributed by atoms with Gasteiger partial charge >= 0.3 is 0 Å². The summed E-state index contributed by atoms with van der Waals surface area (Å²) in [6.07, 6.45) is 9.82. The molecule has 0 N–H and O–H groups in total. The monoisotopic (exact) mass is 168 g/mol. The molecule has 0 bridgehead atoms. The zero-order valence-corrected chi connectivity index (χ0v) is 7.99. The average molecular weight is 168 g/mol. The Balaban J connectivity index is 2.04. The molecular weight excluding hydrogens is 152 g/mol. The van der Waals surface area contributed by atoms with E-state index in [1.807, 2.05) is 0 Å². The van der Waals surface area contributed by atoms with E-state index in [2.05, 4.69) is 24.8 Å². The normalized spacial score (nSPS) is 37.7. The molecule has 0 nitrogen and oxygen atoms in total. The summed E-state index contributed by atoms with van der Waals surface area (Å²) in [6, 6.07) is 0. The molecule has 1 fully saturated rings. The van der Waals surface area contributed by atoms with E-state index < -0.39 is 0 Å². The van der Waals surface area contributed by atoms with Crippen molar-refractivity contribution in [1.29, 1.82) is 0 Å². The second-order valence-electron chi connectivity index (χ2n) is 3.74. The number of allylic oxidation sites excluding steroid dienone is 2. The molecule has 0 saturated heterocycles. The van der Waals surface area contributed by atoms with Crippen LogP contribution >= 0.6 is 11.8 Å². The van der Waals surface area contributed by atoms with Gasteiger partial charge in [0, 0.05) is 5.25 Å². The molecule has 62 valence electrons. The van der Waals surface area contributed by atoms with Crippen molar-refractivity contribution in [3.63, 3.8) is 0 Å². The highest BCUT2D eigenvalue weighted by Crippen LogP contribution is 2.42. The summed E-state index contributed by atoms with van der Waals surface area (Å²) in [7, 11) is 0. The van der Waals surface area contributed by atoms with Gasteiger partial charge in [-0.25, -0.2) is 0 Å². The largest absolute Gasteiger partial charge is 0.127 e. The van der Waals surface area contributed by atoms with E-state index in [4.69, 9.17) is 0 Å². The summed E-state index contributed by atoms with van der Waals surface area (Å²) in [4.78, 5) is 1.57. The molecule has 0 amide bonds. The van der Waals surface area contributed by atoms with Gasteiger partial charge in [0.05, 0.1) is 0 Å². The van der Waals surface area contributed by atoms with Crippen LogP contribution in [0.1, 0.15) is 39.0 Å². The van der Waals surface area contributed by atoms with Crippen LogP contribution in [0.5, 0.6) is 0 Å². The van der Waals surface area contributed by atoms with Gasteiger partial charge in [0.2, 0.25) is 0 Å². The average Bonchev–Trinajstić information content (AvgIpc) is 2.17. The van der Waals surface area contributed by atoms with Gasteiger partial charge in [-0.3, -0.25) is 0 Å². The van der Waals surface area contributed by atoms with Crippen molar-refractivity contribution >= 4 is 11.8 Å². The first-order valence-electron chi connectivity index (χ1n) is 4.71. The van der Waals surface area contributed by atoms with Crippen molar-refractivity contribution in [1.82, 2.24) is 0 Å². The van der Waals surface area contributed by atoms with Crippen LogP contribution in [0.2, 0.25) is 0 Å². The van der Waals surface area contributed by atoms with E-state index >= 15 is 0 Å². The lowest BCUT2D eigenvalue weighted by Gasteiger charge is -2.13. The fourth-order valence-electron chi connectivity index (χ4n) is 2.22. The fourth-order valence-corrected chi connectivity index (χ4v) is 3.62. The highest BCUT2D eigenvalue weighted by Gasteiger charge is 2.27. The molecular formula is C10H16S. The molecule has 2 atom stereocenters. The standard InChI is InChI=1S/C10H16S/c1-8-7-9-5-3-2-4-6-10(9)11-8/h7,9-10H,2-6H2,1H3. The Bertz CT molecular complexity index is 172. The third kappa shape index (κ3) is 1.64. The van der Waals surface area contributed by atoms with E-state index in [9.17, 15) is 0 Å². The van der Waals surface area contributed by atoms with Crippen molar-refractivity contribution in [2.45, 2.75) is 44.3 Å². The number of rotatable bonds is 0. The van der Waals surface area contributed by atoms with Gasteiger partial charge in [-0.05, 0) is 30.6 Å². The number of fused-ring (bicyclic) bond motifs is 1. The highest BCUT2D eigenvalue weighted by molar-refractivity contribution is 8.03. The third-order valence-electron chi connectivity index (χ3n) is 2.79. The van der Waals surface area contributed by atoms with Crippen molar-refractivity contribution in [3.8, 4) is 0 Å². The molecule has 0 radical (unpaired) electrons. The molecule has 0 aromatic heterocycles. The first-order valence-corrected chi connectivity index (χ1v) is 5.59. The highest BCUT2D eigenvalue weighted by atomic mass is 32.2. The molecule has 1 aliphatic carbocycles. The minimum absolute atomic E-state index is 0.933. The molecule has 11 heavy (non-hydrogen) atoms. The summed E-state index contributed by atoms with van der Waals surface area (Å²) in [6.45, 7) is 2.26. The van der Waals surface area contributed by atoms with Gasteiger partial charge in [-0.15, -0.1) is 11.8 Å². The molecule has 2 rings (SSSR count). The van der Waals surface area contributed by atoms with Gasteiger partial charge in [0.25, 0.3) is 0 Å². The predicted octanol–water partition coefficient (Wildman–Crippen LogP) is 3.59. The third-order valence-corrected chi connectivity index (χ3v) is 4.19. The molecule has 2 unspecified atom stereocenters. The van der Waals surface area contributed by atoms with Gasteiger partial charge in [-0.1, -0.05) is 25.3 Å². The fraction of sp³-hybridized carbons (Fsp3) is 0.800. The van der Waals surface area contributed by atoms with Gasteiger partial charge in [0.1, 0.15) is 0 Å². The van der Waals surface area contributed by atoms with Crippen molar-refractivity contribution in [2.24, 2.45) is 5.92 Å². The molecule has 0 aromatic rings. The zero-order chi connectivity index (χ0) is 7.68. The molecule has 2 aliphatic rings. The Kier molecular flexibility index (Phi) is 2.26. The van der Waals surface area contributed by atoms with Gasteiger partial charge in [-0.2, -0.15) is 0 Å². The van der Waals surface area contributed by atoms with Crippen LogP contribution in [0.4, 0.5) is 0 Å². The first kappa shape index (κ1) is 7.72. The summed E-state index contributed by atoms with van der Waals surface area (Å²) in [5.74, 6) is 0.933. The van der Waals surface area contributed by atoms with E-state index in [-0.39, 0.29) is 0 Å².